The molecule has 0 unspecified atom stereocenters. The number of ether oxygens (including phenoxy) is 2. The maximum atomic E-state index is 11.8. The van der Waals surface area contributed by atoms with Gasteiger partial charge in [0.15, 0.2) is 5.11 Å². The fourth-order valence-electron chi connectivity index (χ4n) is 2.27. The third-order valence-corrected chi connectivity index (χ3v) is 3.70. The van der Waals surface area contributed by atoms with Gasteiger partial charge >= 0.3 is 0 Å². The Bertz CT molecular complexity index is 826. The van der Waals surface area contributed by atoms with E-state index in [2.05, 4.69) is 10.6 Å². The van der Waals surface area contributed by atoms with E-state index in [9.17, 15) is 9.59 Å². The molecule has 0 aromatic heterocycles. The minimum absolute atomic E-state index is 0.00327. The molecule has 0 radical (unpaired) electrons. The van der Waals surface area contributed by atoms with Crippen LogP contribution in [0.3, 0.4) is 0 Å². The number of thiocarbonyl (C=S) groups is 1. The van der Waals surface area contributed by atoms with Crippen LogP contribution in [0.2, 0.25) is 0 Å². The third kappa shape index (κ3) is 4.67. The Hall–Kier alpha value is -3.19. The third-order valence-electron chi connectivity index (χ3n) is 3.50. The molecule has 0 aliphatic carbocycles. The van der Waals surface area contributed by atoms with Crippen LogP contribution in [-0.4, -0.2) is 30.1 Å². The van der Waals surface area contributed by atoms with E-state index < -0.39 is 11.8 Å². The van der Waals surface area contributed by atoms with Gasteiger partial charge < -0.3 is 9.47 Å². The van der Waals surface area contributed by atoms with Gasteiger partial charge in [0.2, 0.25) is 0 Å². The maximum Gasteiger partial charge on any atom is 0.263 e. The van der Waals surface area contributed by atoms with E-state index in [-0.39, 0.29) is 10.7 Å². The van der Waals surface area contributed by atoms with Crippen LogP contribution in [0.25, 0.3) is 6.08 Å². The molecule has 1 heterocycles. The molecule has 2 aromatic rings. The number of nitrogens with one attached hydrogen (secondary N) is 2. The van der Waals surface area contributed by atoms with Crippen LogP contribution < -0.4 is 20.1 Å². The zero-order chi connectivity index (χ0) is 18.4. The van der Waals surface area contributed by atoms with Crippen molar-refractivity contribution in [3.05, 3.63) is 65.7 Å². The molecule has 0 spiro atoms. The molecule has 2 N–H and O–H groups in total. The van der Waals surface area contributed by atoms with Gasteiger partial charge in [-0.2, -0.15) is 0 Å². The van der Waals surface area contributed by atoms with E-state index >= 15 is 0 Å². The number of rotatable bonds is 6. The summed E-state index contributed by atoms with van der Waals surface area (Å²) in [6, 6.07) is 16.5. The summed E-state index contributed by atoms with van der Waals surface area (Å²) in [7, 11) is 0. The van der Waals surface area contributed by atoms with Crippen molar-refractivity contribution in [2.75, 3.05) is 13.2 Å². The Labute approximate surface area is 155 Å². The number of hydrogen-bond donors (Lipinski definition) is 2. The molecule has 0 saturated carbocycles. The largest absolute Gasteiger partial charge is 0.490 e. The lowest BCUT2D eigenvalue weighted by Gasteiger charge is -2.16. The Kier molecular flexibility index (Phi) is 5.60. The van der Waals surface area contributed by atoms with Gasteiger partial charge in [0.1, 0.15) is 30.3 Å². The monoisotopic (exact) mass is 368 g/mol. The highest BCUT2D eigenvalue weighted by Gasteiger charge is 2.25. The first-order valence-corrected chi connectivity index (χ1v) is 8.32. The molecule has 26 heavy (non-hydrogen) atoms. The summed E-state index contributed by atoms with van der Waals surface area (Å²) >= 11 is 4.76. The molecular weight excluding hydrogens is 352 g/mol. The number of carbonyl (C=O) groups excluding carboxylic acids is 2. The smallest absolute Gasteiger partial charge is 0.263 e. The van der Waals surface area contributed by atoms with E-state index in [1.807, 2.05) is 30.3 Å². The molecule has 1 aliphatic heterocycles. The minimum Gasteiger partial charge on any atom is -0.490 e. The Morgan fingerprint density at radius 1 is 0.808 bits per heavy atom. The second-order valence-electron chi connectivity index (χ2n) is 5.37. The zero-order valence-electron chi connectivity index (χ0n) is 13.7. The summed E-state index contributed by atoms with van der Waals surface area (Å²) in [6.45, 7) is 0.827. The molecule has 3 rings (SSSR count). The number of carbonyl (C=O) groups is 2. The Balaban J connectivity index is 1.53. The summed E-state index contributed by atoms with van der Waals surface area (Å²) in [5.41, 5.74) is 0.703. The first kappa shape index (κ1) is 17.6. The lowest BCUT2D eigenvalue weighted by Crippen LogP contribution is -2.51. The van der Waals surface area contributed by atoms with E-state index in [0.29, 0.717) is 24.5 Å². The highest BCUT2D eigenvalue weighted by molar-refractivity contribution is 7.80. The van der Waals surface area contributed by atoms with Crippen LogP contribution in [-0.2, 0) is 9.59 Å². The van der Waals surface area contributed by atoms with E-state index in [1.54, 1.807) is 24.3 Å². The quantitative estimate of drug-likeness (QED) is 0.353. The van der Waals surface area contributed by atoms with Crippen molar-refractivity contribution in [3.63, 3.8) is 0 Å². The molecular formula is C19H16N2O4S. The fraction of sp³-hybridized carbons (Fsp3) is 0.105. The van der Waals surface area contributed by atoms with Gasteiger partial charge in [-0.3, -0.25) is 20.2 Å². The van der Waals surface area contributed by atoms with Crippen molar-refractivity contribution in [2.24, 2.45) is 0 Å². The number of amides is 2. The van der Waals surface area contributed by atoms with Crippen molar-refractivity contribution < 1.29 is 19.1 Å². The second-order valence-corrected chi connectivity index (χ2v) is 5.78. The topological polar surface area (TPSA) is 76.7 Å². The number of benzene rings is 2. The summed E-state index contributed by atoms with van der Waals surface area (Å²) in [6.07, 6.45) is 1.49. The van der Waals surface area contributed by atoms with Crippen LogP contribution in [0, 0.1) is 0 Å². The lowest BCUT2D eigenvalue weighted by atomic mass is 10.1. The first-order valence-electron chi connectivity index (χ1n) is 7.91. The Morgan fingerprint density at radius 3 is 1.92 bits per heavy atom. The first-order chi connectivity index (χ1) is 12.6. The van der Waals surface area contributed by atoms with Gasteiger partial charge in [0.25, 0.3) is 11.8 Å². The van der Waals surface area contributed by atoms with Crippen LogP contribution in [0.15, 0.2) is 60.2 Å². The molecule has 7 heteroatoms. The zero-order valence-corrected chi connectivity index (χ0v) is 14.5. The minimum atomic E-state index is -0.517. The van der Waals surface area contributed by atoms with Crippen LogP contribution in [0.1, 0.15) is 5.56 Å². The predicted octanol–water partition coefficient (Wildman–Crippen LogP) is 2.06. The second kappa shape index (κ2) is 8.26. The molecule has 1 fully saturated rings. The molecule has 132 valence electrons. The van der Waals surface area contributed by atoms with Gasteiger partial charge in [-0.15, -0.1) is 0 Å². The Morgan fingerprint density at radius 2 is 1.35 bits per heavy atom. The molecule has 2 amide bonds. The average molecular weight is 368 g/mol. The van der Waals surface area contributed by atoms with Crippen molar-refractivity contribution in [3.8, 4) is 11.5 Å². The van der Waals surface area contributed by atoms with Crippen LogP contribution in [0.4, 0.5) is 0 Å². The maximum absolute atomic E-state index is 11.8. The normalized spacial score (nSPS) is 13.7. The lowest BCUT2D eigenvalue weighted by molar-refractivity contribution is -0.123. The number of para-hydroxylation sites is 1. The van der Waals surface area contributed by atoms with Crippen molar-refractivity contribution in [1.29, 1.82) is 0 Å². The van der Waals surface area contributed by atoms with Gasteiger partial charge in [-0.05, 0) is 48.1 Å². The molecule has 1 aliphatic rings. The summed E-state index contributed by atoms with van der Waals surface area (Å²) < 4.78 is 11.2. The van der Waals surface area contributed by atoms with Gasteiger partial charge in [0.05, 0.1) is 0 Å². The van der Waals surface area contributed by atoms with E-state index in [4.69, 9.17) is 21.7 Å². The highest BCUT2D eigenvalue weighted by Crippen LogP contribution is 2.16. The highest BCUT2D eigenvalue weighted by atomic mass is 32.1. The average Bonchev–Trinajstić information content (AvgIpc) is 2.64. The fourth-order valence-corrected chi connectivity index (χ4v) is 2.45. The van der Waals surface area contributed by atoms with Crippen molar-refractivity contribution in [2.45, 2.75) is 0 Å². The van der Waals surface area contributed by atoms with Gasteiger partial charge in [-0.25, -0.2) is 0 Å². The molecule has 2 aromatic carbocycles. The summed E-state index contributed by atoms with van der Waals surface area (Å²) in [5.74, 6) is 0.429. The summed E-state index contributed by atoms with van der Waals surface area (Å²) in [4.78, 5) is 23.6. The summed E-state index contributed by atoms with van der Waals surface area (Å²) in [5, 5.41) is 4.80. The van der Waals surface area contributed by atoms with Crippen LogP contribution in [0.5, 0.6) is 11.5 Å². The van der Waals surface area contributed by atoms with E-state index in [1.165, 1.54) is 6.08 Å². The standard InChI is InChI=1S/C19H16N2O4S/c22-17-16(18(23)21-19(26)20-17)12-13-6-8-15(9-7-13)25-11-10-24-14-4-2-1-3-5-14/h1-9,12H,10-11H2,(H2,20,21,22,23,26). The molecule has 0 atom stereocenters. The van der Waals surface area contributed by atoms with Gasteiger partial charge in [-0.1, -0.05) is 30.3 Å². The van der Waals surface area contributed by atoms with Crippen LogP contribution >= 0.6 is 12.2 Å². The van der Waals surface area contributed by atoms with Gasteiger partial charge in [0, 0.05) is 0 Å². The van der Waals surface area contributed by atoms with E-state index in [0.717, 1.165) is 5.75 Å². The SMILES string of the molecule is O=C1NC(=S)NC(=O)C1=Cc1ccc(OCCOc2ccccc2)cc1. The van der Waals surface area contributed by atoms with Crippen molar-refractivity contribution >= 4 is 35.2 Å². The van der Waals surface area contributed by atoms with Crippen molar-refractivity contribution in [1.82, 2.24) is 10.6 Å². The number of hydrogen-bond acceptors (Lipinski definition) is 5. The molecule has 0 bridgehead atoms. The molecule has 6 nitrogen and oxygen atoms in total. The predicted molar refractivity (Wildman–Crippen MR) is 101 cm³/mol. The molecule has 1 saturated heterocycles.